The van der Waals surface area contributed by atoms with Crippen molar-refractivity contribution in [2.45, 2.75) is 26.2 Å². The lowest BCUT2D eigenvalue weighted by atomic mass is 10.1. The van der Waals surface area contributed by atoms with Crippen LogP contribution in [0.4, 0.5) is 4.39 Å². The molecule has 0 radical (unpaired) electrons. The fourth-order valence-corrected chi connectivity index (χ4v) is 5.14. The summed E-state index contributed by atoms with van der Waals surface area (Å²) >= 11 is 0. The van der Waals surface area contributed by atoms with Gasteiger partial charge in [0, 0.05) is 44.8 Å². The van der Waals surface area contributed by atoms with Crippen LogP contribution in [0.25, 0.3) is 0 Å². The zero-order chi connectivity index (χ0) is 18.0. The SMILES string of the molecule is Cc1c(F)cccc1C(=O)N1CCCN(S(=O)(=O)N2CCCC2)CC1. The Morgan fingerprint density at radius 3 is 2.32 bits per heavy atom. The molecular formula is C17H24FN3O3S. The molecule has 8 heteroatoms. The number of hydrogen-bond donors (Lipinski definition) is 0. The molecule has 2 aliphatic rings. The minimum atomic E-state index is -3.45. The van der Waals surface area contributed by atoms with Gasteiger partial charge in [0.2, 0.25) is 0 Å². The van der Waals surface area contributed by atoms with Crippen LogP contribution in [-0.2, 0) is 10.2 Å². The van der Waals surface area contributed by atoms with E-state index in [0.717, 1.165) is 12.8 Å². The molecular weight excluding hydrogens is 345 g/mol. The first-order chi connectivity index (χ1) is 11.9. The van der Waals surface area contributed by atoms with Crippen molar-refractivity contribution in [3.8, 4) is 0 Å². The number of hydrogen-bond acceptors (Lipinski definition) is 3. The van der Waals surface area contributed by atoms with Crippen molar-refractivity contribution in [1.29, 1.82) is 0 Å². The maximum absolute atomic E-state index is 13.7. The Morgan fingerprint density at radius 1 is 0.960 bits per heavy atom. The normalized spacial score (nSPS) is 20.6. The van der Waals surface area contributed by atoms with Crippen LogP contribution in [-0.4, -0.2) is 67.1 Å². The average Bonchev–Trinajstić information content (AvgIpc) is 3.02. The van der Waals surface area contributed by atoms with Gasteiger partial charge >= 0.3 is 0 Å². The third kappa shape index (κ3) is 3.70. The Bertz CT molecular complexity index is 748. The molecule has 0 atom stereocenters. The molecule has 2 aliphatic heterocycles. The van der Waals surface area contributed by atoms with Gasteiger partial charge in [0.15, 0.2) is 0 Å². The molecule has 6 nitrogen and oxygen atoms in total. The molecule has 1 amide bonds. The summed E-state index contributed by atoms with van der Waals surface area (Å²) in [5.74, 6) is -0.642. The molecule has 0 spiro atoms. The second-order valence-corrected chi connectivity index (χ2v) is 8.50. The molecule has 2 heterocycles. The highest BCUT2D eigenvalue weighted by Gasteiger charge is 2.33. The van der Waals surface area contributed by atoms with Gasteiger partial charge in [-0.3, -0.25) is 4.79 Å². The summed E-state index contributed by atoms with van der Waals surface area (Å²) in [6.07, 6.45) is 2.38. The molecule has 2 saturated heterocycles. The van der Waals surface area contributed by atoms with Crippen molar-refractivity contribution in [1.82, 2.24) is 13.5 Å². The first-order valence-electron chi connectivity index (χ1n) is 8.71. The maximum Gasteiger partial charge on any atom is 0.282 e. The number of carbonyl (C=O) groups excluding carboxylic acids is 1. The van der Waals surface area contributed by atoms with E-state index in [0.29, 0.717) is 50.3 Å². The Hall–Kier alpha value is -1.51. The molecule has 0 aliphatic carbocycles. The molecule has 138 valence electrons. The van der Waals surface area contributed by atoms with Crippen molar-refractivity contribution in [3.63, 3.8) is 0 Å². The van der Waals surface area contributed by atoms with E-state index in [2.05, 4.69) is 0 Å². The van der Waals surface area contributed by atoms with Gasteiger partial charge in [-0.2, -0.15) is 17.0 Å². The Kier molecular flexibility index (Phi) is 5.41. The van der Waals surface area contributed by atoms with Crippen molar-refractivity contribution >= 4 is 16.1 Å². The summed E-state index contributed by atoms with van der Waals surface area (Å²) in [5, 5.41) is 0. The topological polar surface area (TPSA) is 60.9 Å². The van der Waals surface area contributed by atoms with Crippen LogP contribution in [0.2, 0.25) is 0 Å². The highest BCUT2D eigenvalue weighted by molar-refractivity contribution is 7.86. The monoisotopic (exact) mass is 369 g/mol. The second-order valence-electron chi connectivity index (χ2n) is 6.57. The molecule has 0 aromatic heterocycles. The van der Waals surface area contributed by atoms with Gasteiger partial charge in [-0.1, -0.05) is 6.07 Å². The third-order valence-corrected chi connectivity index (χ3v) is 6.99. The van der Waals surface area contributed by atoms with E-state index in [9.17, 15) is 17.6 Å². The lowest BCUT2D eigenvalue weighted by Gasteiger charge is -2.26. The highest BCUT2D eigenvalue weighted by atomic mass is 32.2. The quantitative estimate of drug-likeness (QED) is 0.814. The van der Waals surface area contributed by atoms with Crippen LogP contribution in [0.15, 0.2) is 18.2 Å². The summed E-state index contributed by atoms with van der Waals surface area (Å²) in [7, 11) is -3.45. The summed E-state index contributed by atoms with van der Waals surface area (Å²) < 4.78 is 42.1. The van der Waals surface area contributed by atoms with E-state index >= 15 is 0 Å². The van der Waals surface area contributed by atoms with Crippen LogP contribution in [0, 0.1) is 12.7 Å². The van der Waals surface area contributed by atoms with Crippen molar-refractivity contribution in [3.05, 3.63) is 35.1 Å². The first kappa shape index (κ1) is 18.3. The fraction of sp³-hybridized carbons (Fsp3) is 0.588. The second kappa shape index (κ2) is 7.39. The van der Waals surface area contributed by atoms with Gasteiger partial charge in [0.1, 0.15) is 5.82 Å². The number of rotatable bonds is 3. The summed E-state index contributed by atoms with van der Waals surface area (Å²) in [6, 6.07) is 4.47. The van der Waals surface area contributed by atoms with Crippen molar-refractivity contribution < 1.29 is 17.6 Å². The maximum atomic E-state index is 13.7. The smallest absolute Gasteiger partial charge is 0.282 e. The number of halogens is 1. The largest absolute Gasteiger partial charge is 0.337 e. The summed E-state index contributed by atoms with van der Waals surface area (Å²) in [5.41, 5.74) is 0.675. The van der Waals surface area contributed by atoms with Crippen LogP contribution in [0.5, 0.6) is 0 Å². The highest BCUT2D eigenvalue weighted by Crippen LogP contribution is 2.20. The van der Waals surface area contributed by atoms with E-state index in [1.807, 2.05) is 0 Å². The van der Waals surface area contributed by atoms with Gasteiger partial charge in [-0.25, -0.2) is 4.39 Å². The minimum absolute atomic E-state index is 0.238. The van der Waals surface area contributed by atoms with E-state index in [-0.39, 0.29) is 12.5 Å². The van der Waals surface area contributed by atoms with Gasteiger partial charge in [0.25, 0.3) is 16.1 Å². The summed E-state index contributed by atoms with van der Waals surface area (Å²) in [4.78, 5) is 14.3. The third-order valence-electron chi connectivity index (χ3n) is 4.96. The Balaban J connectivity index is 1.71. The zero-order valence-corrected chi connectivity index (χ0v) is 15.3. The van der Waals surface area contributed by atoms with E-state index in [4.69, 9.17) is 0 Å². The minimum Gasteiger partial charge on any atom is -0.337 e. The van der Waals surface area contributed by atoms with Crippen LogP contribution < -0.4 is 0 Å². The average molecular weight is 369 g/mol. The number of nitrogens with zero attached hydrogens (tertiary/aromatic N) is 3. The molecule has 0 unspecified atom stereocenters. The standard InChI is InChI=1S/C17H24FN3O3S/c1-14-15(6-4-7-16(14)18)17(22)19-8-5-11-21(13-12-19)25(23,24)20-9-2-3-10-20/h4,6-7H,2-3,5,8-13H2,1H3. The predicted octanol–water partition coefficient (Wildman–Crippen LogP) is 1.62. The van der Waals surface area contributed by atoms with Crippen molar-refractivity contribution in [2.24, 2.45) is 0 Å². The van der Waals surface area contributed by atoms with Crippen LogP contribution in [0.3, 0.4) is 0 Å². The molecule has 0 bridgehead atoms. The lowest BCUT2D eigenvalue weighted by molar-refractivity contribution is 0.0762. The van der Waals surface area contributed by atoms with E-state index in [1.54, 1.807) is 17.9 Å². The van der Waals surface area contributed by atoms with Gasteiger partial charge in [0.05, 0.1) is 0 Å². The molecule has 1 aromatic rings. The van der Waals surface area contributed by atoms with Gasteiger partial charge in [-0.15, -0.1) is 0 Å². The number of carbonyl (C=O) groups is 1. The Morgan fingerprint density at radius 2 is 1.60 bits per heavy atom. The fourth-order valence-electron chi connectivity index (χ4n) is 3.42. The lowest BCUT2D eigenvalue weighted by Crippen LogP contribution is -2.44. The zero-order valence-electron chi connectivity index (χ0n) is 14.4. The molecule has 2 fully saturated rings. The van der Waals surface area contributed by atoms with E-state index < -0.39 is 16.0 Å². The van der Waals surface area contributed by atoms with Crippen molar-refractivity contribution in [2.75, 3.05) is 39.3 Å². The number of amides is 1. The summed E-state index contributed by atoms with van der Waals surface area (Å²) in [6.45, 7) is 4.21. The molecule has 3 rings (SSSR count). The molecule has 0 N–H and O–H groups in total. The Labute approximate surface area is 148 Å². The molecule has 25 heavy (non-hydrogen) atoms. The molecule has 1 aromatic carbocycles. The van der Waals surface area contributed by atoms with Gasteiger partial charge < -0.3 is 4.90 Å². The van der Waals surface area contributed by atoms with Crippen LogP contribution in [0.1, 0.15) is 35.2 Å². The van der Waals surface area contributed by atoms with Crippen LogP contribution >= 0.6 is 0 Å². The predicted molar refractivity (Wildman–Crippen MR) is 93.0 cm³/mol. The number of benzene rings is 1. The first-order valence-corrected chi connectivity index (χ1v) is 10.1. The van der Waals surface area contributed by atoms with Gasteiger partial charge in [-0.05, 0) is 43.9 Å². The molecule has 0 saturated carbocycles. The van der Waals surface area contributed by atoms with E-state index in [1.165, 1.54) is 20.7 Å².